The second kappa shape index (κ2) is 5.79. The molecule has 0 saturated carbocycles. The van der Waals surface area contributed by atoms with Gasteiger partial charge in [0.15, 0.2) is 0 Å². The van der Waals surface area contributed by atoms with E-state index in [4.69, 9.17) is 0 Å². The van der Waals surface area contributed by atoms with Gasteiger partial charge in [-0.1, -0.05) is 29.5 Å². The lowest BCUT2D eigenvalue weighted by Gasteiger charge is -2.20. The Kier molecular flexibility index (Phi) is 4.33. The first-order chi connectivity index (χ1) is 8.60. The Morgan fingerprint density at radius 1 is 1.22 bits per heavy atom. The number of benzene rings is 1. The maximum Gasteiger partial charge on any atom is 0.243 e. The molecule has 96 valence electrons. The highest BCUT2D eigenvalue weighted by Gasteiger charge is 2.23. The van der Waals surface area contributed by atoms with Crippen molar-refractivity contribution in [1.29, 1.82) is 0 Å². The van der Waals surface area contributed by atoms with Gasteiger partial charge in [0, 0.05) is 12.3 Å². The van der Waals surface area contributed by atoms with Gasteiger partial charge in [0.1, 0.15) is 0 Å². The van der Waals surface area contributed by atoms with Crippen LogP contribution in [0, 0.1) is 18.8 Å². The van der Waals surface area contributed by atoms with Crippen molar-refractivity contribution in [3.05, 3.63) is 29.8 Å². The van der Waals surface area contributed by atoms with Crippen LogP contribution in [0.2, 0.25) is 0 Å². The zero-order chi connectivity index (χ0) is 13.0. The number of nitrogens with zero attached hydrogens (tertiary/aromatic N) is 1. The van der Waals surface area contributed by atoms with E-state index < -0.39 is 10.0 Å². The van der Waals surface area contributed by atoms with Crippen LogP contribution in [0.25, 0.3) is 0 Å². The van der Waals surface area contributed by atoms with Crippen LogP contribution in [-0.4, -0.2) is 37.3 Å². The summed E-state index contributed by atoms with van der Waals surface area (Å²) in [5.41, 5.74) is 1.05. The van der Waals surface area contributed by atoms with Crippen LogP contribution in [0.5, 0.6) is 0 Å². The highest BCUT2D eigenvalue weighted by molar-refractivity contribution is 7.99. The van der Waals surface area contributed by atoms with Crippen LogP contribution >= 0.6 is 11.8 Å². The van der Waals surface area contributed by atoms with Gasteiger partial charge in [0.25, 0.3) is 0 Å². The number of hydrogen-bond donors (Lipinski definition) is 0. The molecule has 0 aromatic heterocycles. The molecule has 18 heavy (non-hydrogen) atoms. The van der Waals surface area contributed by atoms with E-state index >= 15 is 0 Å². The summed E-state index contributed by atoms with van der Waals surface area (Å²) in [5, 5.41) is 0. The second-order valence-corrected chi connectivity index (χ2v) is 7.10. The summed E-state index contributed by atoms with van der Waals surface area (Å²) in [6.07, 6.45) is 0. The molecule has 0 amide bonds. The van der Waals surface area contributed by atoms with Gasteiger partial charge in [0.05, 0.1) is 17.2 Å². The maximum absolute atomic E-state index is 12.4. The Balaban J connectivity index is 2.28. The number of aryl methyl sites for hydroxylation is 1. The van der Waals surface area contributed by atoms with Gasteiger partial charge >= 0.3 is 0 Å². The Labute approximate surface area is 113 Å². The van der Waals surface area contributed by atoms with Crippen molar-refractivity contribution >= 4 is 21.8 Å². The zero-order valence-corrected chi connectivity index (χ0v) is 11.9. The molecule has 0 unspecified atom stereocenters. The Hall–Kier alpha value is -0.960. The molecule has 2 rings (SSSR count). The fraction of sp³-hybridized carbons (Fsp3) is 0.385. The molecule has 0 spiro atoms. The van der Waals surface area contributed by atoms with Crippen LogP contribution in [0.1, 0.15) is 5.56 Å². The third-order valence-electron chi connectivity index (χ3n) is 2.70. The molecular weight excluding hydrogens is 266 g/mol. The topological polar surface area (TPSA) is 37.4 Å². The van der Waals surface area contributed by atoms with Crippen molar-refractivity contribution in [2.45, 2.75) is 11.8 Å². The first-order valence-corrected chi connectivity index (χ1v) is 8.30. The molecule has 0 radical (unpaired) electrons. The van der Waals surface area contributed by atoms with E-state index in [1.807, 2.05) is 19.1 Å². The molecule has 0 bridgehead atoms. The van der Waals surface area contributed by atoms with Gasteiger partial charge in [-0.3, -0.25) is 0 Å². The van der Waals surface area contributed by atoms with Gasteiger partial charge in [-0.15, -0.1) is 11.8 Å². The Morgan fingerprint density at radius 2 is 1.94 bits per heavy atom. The molecule has 1 aromatic rings. The average Bonchev–Trinajstić information content (AvgIpc) is 2.28. The van der Waals surface area contributed by atoms with Crippen LogP contribution in [0.3, 0.4) is 0 Å². The second-order valence-electron chi connectivity index (χ2n) is 4.06. The van der Waals surface area contributed by atoms with Crippen LogP contribution in [-0.2, 0) is 10.0 Å². The minimum absolute atomic E-state index is 0.288. The van der Waals surface area contributed by atoms with E-state index in [1.165, 1.54) is 4.31 Å². The van der Waals surface area contributed by atoms with Crippen LogP contribution in [0.4, 0.5) is 0 Å². The van der Waals surface area contributed by atoms with Gasteiger partial charge in [-0.25, -0.2) is 8.42 Å². The number of hydrogen-bond acceptors (Lipinski definition) is 3. The molecule has 1 heterocycles. The summed E-state index contributed by atoms with van der Waals surface area (Å²) < 4.78 is 26.3. The van der Waals surface area contributed by atoms with Gasteiger partial charge in [-0.2, -0.15) is 4.31 Å². The lowest BCUT2D eigenvalue weighted by molar-refractivity contribution is 0.466. The van der Waals surface area contributed by atoms with Crippen LogP contribution in [0.15, 0.2) is 29.2 Å². The predicted molar refractivity (Wildman–Crippen MR) is 75.0 cm³/mol. The number of sulfonamides is 1. The van der Waals surface area contributed by atoms with Crippen molar-refractivity contribution in [3.8, 4) is 11.8 Å². The van der Waals surface area contributed by atoms with Crippen molar-refractivity contribution in [2.24, 2.45) is 0 Å². The minimum atomic E-state index is -3.40. The molecule has 3 nitrogen and oxygen atoms in total. The molecule has 0 N–H and O–H groups in total. The number of rotatable bonds is 2. The largest absolute Gasteiger partial charge is 0.243 e. The summed E-state index contributed by atoms with van der Waals surface area (Å²) in [6, 6.07) is 6.95. The smallest absolute Gasteiger partial charge is 0.207 e. The minimum Gasteiger partial charge on any atom is -0.207 e. The van der Waals surface area contributed by atoms with Gasteiger partial charge < -0.3 is 0 Å². The SMILES string of the molecule is Cc1ccc(S(=O)(=O)N2CC#CCSCC2)cc1. The first-order valence-electron chi connectivity index (χ1n) is 5.71. The molecule has 0 atom stereocenters. The summed E-state index contributed by atoms with van der Waals surface area (Å²) in [4.78, 5) is 0.348. The fourth-order valence-electron chi connectivity index (χ4n) is 1.63. The molecule has 1 aliphatic rings. The van der Waals surface area contributed by atoms with E-state index in [2.05, 4.69) is 11.8 Å². The Bertz CT molecular complexity index is 567. The van der Waals surface area contributed by atoms with Crippen LogP contribution < -0.4 is 0 Å². The molecule has 5 heteroatoms. The summed E-state index contributed by atoms with van der Waals surface area (Å²) in [7, 11) is -3.40. The highest BCUT2D eigenvalue weighted by Crippen LogP contribution is 2.17. The molecule has 0 fully saturated rings. The van der Waals surface area contributed by atoms with Gasteiger partial charge in [-0.05, 0) is 19.1 Å². The molecule has 0 aliphatic carbocycles. The van der Waals surface area contributed by atoms with Crippen molar-refractivity contribution in [1.82, 2.24) is 4.31 Å². The standard InChI is InChI=1S/C13H15NO2S2/c1-12-4-6-13(7-5-12)18(15,16)14-8-2-3-10-17-11-9-14/h4-7H,8-11H2,1H3. The third-order valence-corrected chi connectivity index (χ3v) is 5.38. The summed E-state index contributed by atoms with van der Waals surface area (Å²) in [6.45, 7) is 2.75. The molecular formula is C13H15NO2S2. The van der Waals surface area contributed by atoms with Crippen molar-refractivity contribution in [2.75, 3.05) is 24.6 Å². The average molecular weight is 281 g/mol. The first kappa shape index (κ1) is 13.5. The maximum atomic E-state index is 12.4. The van der Waals surface area contributed by atoms with E-state index in [1.54, 1.807) is 23.9 Å². The quantitative estimate of drug-likeness (QED) is 0.775. The molecule has 0 saturated heterocycles. The normalized spacial score (nSPS) is 17.4. The lowest BCUT2D eigenvalue weighted by atomic mass is 10.2. The zero-order valence-electron chi connectivity index (χ0n) is 10.2. The fourth-order valence-corrected chi connectivity index (χ4v) is 3.79. The lowest BCUT2D eigenvalue weighted by Crippen LogP contribution is -2.34. The summed E-state index contributed by atoms with van der Waals surface area (Å²) >= 11 is 1.67. The van der Waals surface area contributed by atoms with E-state index in [0.29, 0.717) is 11.4 Å². The molecule has 1 aliphatic heterocycles. The number of thioether (sulfide) groups is 1. The van der Waals surface area contributed by atoms with Crippen molar-refractivity contribution < 1.29 is 8.42 Å². The van der Waals surface area contributed by atoms with E-state index in [0.717, 1.165) is 17.1 Å². The third kappa shape index (κ3) is 3.08. The van der Waals surface area contributed by atoms with E-state index in [-0.39, 0.29) is 6.54 Å². The van der Waals surface area contributed by atoms with Crippen molar-refractivity contribution in [3.63, 3.8) is 0 Å². The predicted octanol–water partition coefficient (Wildman–Crippen LogP) is 1.74. The molecule has 1 aromatic carbocycles. The van der Waals surface area contributed by atoms with E-state index in [9.17, 15) is 8.42 Å². The summed E-state index contributed by atoms with van der Waals surface area (Å²) in [5.74, 6) is 7.44. The van der Waals surface area contributed by atoms with Gasteiger partial charge in [0.2, 0.25) is 10.0 Å². The Morgan fingerprint density at radius 3 is 2.67 bits per heavy atom. The monoisotopic (exact) mass is 281 g/mol. The highest BCUT2D eigenvalue weighted by atomic mass is 32.2.